The van der Waals surface area contributed by atoms with Gasteiger partial charge in [-0.2, -0.15) is 0 Å². The predicted molar refractivity (Wildman–Crippen MR) is 82.0 cm³/mol. The summed E-state index contributed by atoms with van der Waals surface area (Å²) in [5.41, 5.74) is 0.901. The van der Waals surface area contributed by atoms with Crippen molar-refractivity contribution in [2.45, 2.75) is 19.3 Å². The zero-order valence-corrected chi connectivity index (χ0v) is 12.3. The van der Waals surface area contributed by atoms with Crippen LogP contribution in [-0.2, 0) is 0 Å². The highest BCUT2D eigenvalue weighted by molar-refractivity contribution is 5.84. The van der Waals surface area contributed by atoms with Crippen LogP contribution in [0.1, 0.15) is 19.3 Å². The lowest BCUT2D eigenvalue weighted by Crippen LogP contribution is -2.37. The second-order valence-electron chi connectivity index (χ2n) is 5.79. The summed E-state index contributed by atoms with van der Waals surface area (Å²) < 4.78 is 0. The van der Waals surface area contributed by atoms with E-state index in [9.17, 15) is 5.11 Å². The average molecular weight is 290 g/mol. The molecule has 1 fully saturated rings. The van der Waals surface area contributed by atoms with E-state index in [0.717, 1.165) is 42.9 Å². The molecular formula is C15H24N5O+. The number of anilines is 1. The Morgan fingerprint density at radius 3 is 3.38 bits per heavy atom. The average Bonchev–Trinajstić information content (AvgIpc) is 3.01. The number of aliphatic hydroxyl groups excluding tert-OH is 1. The SMILES string of the molecule is OC[C@H]1CCCN(CCCNc2[nH+]cnc3[nH]ccc23)C1. The number of piperidine rings is 1. The molecule has 2 aromatic rings. The van der Waals surface area contributed by atoms with Crippen molar-refractivity contribution in [3.8, 4) is 0 Å². The van der Waals surface area contributed by atoms with Gasteiger partial charge >= 0.3 is 0 Å². The highest BCUT2D eigenvalue weighted by atomic mass is 16.3. The molecule has 114 valence electrons. The smallest absolute Gasteiger partial charge is 0.231 e. The van der Waals surface area contributed by atoms with Crippen LogP contribution in [0.15, 0.2) is 18.6 Å². The quantitative estimate of drug-likeness (QED) is 0.690. The van der Waals surface area contributed by atoms with Gasteiger partial charge in [0.25, 0.3) is 0 Å². The summed E-state index contributed by atoms with van der Waals surface area (Å²) in [6, 6.07) is 2.03. The maximum Gasteiger partial charge on any atom is 0.231 e. The van der Waals surface area contributed by atoms with Crippen LogP contribution in [0, 0.1) is 5.92 Å². The number of fused-ring (bicyclic) bond motifs is 1. The molecule has 4 N–H and O–H groups in total. The summed E-state index contributed by atoms with van der Waals surface area (Å²) in [5.74, 6) is 1.49. The van der Waals surface area contributed by atoms with E-state index in [2.05, 4.69) is 25.2 Å². The third-order valence-corrected chi connectivity index (χ3v) is 4.21. The van der Waals surface area contributed by atoms with E-state index in [1.165, 1.54) is 19.4 Å². The topological polar surface area (TPSA) is 78.3 Å². The summed E-state index contributed by atoms with van der Waals surface area (Å²) in [6.07, 6.45) is 7.08. The van der Waals surface area contributed by atoms with Gasteiger partial charge in [-0.05, 0) is 37.8 Å². The first-order chi connectivity index (χ1) is 10.4. The first-order valence-electron chi connectivity index (χ1n) is 7.77. The van der Waals surface area contributed by atoms with E-state index in [0.29, 0.717) is 12.5 Å². The second kappa shape index (κ2) is 6.87. The van der Waals surface area contributed by atoms with E-state index in [1.807, 2.05) is 12.3 Å². The summed E-state index contributed by atoms with van der Waals surface area (Å²) >= 11 is 0. The maximum atomic E-state index is 9.26. The Bertz CT molecular complexity index is 570. The van der Waals surface area contributed by atoms with Crippen LogP contribution in [0.2, 0.25) is 0 Å². The second-order valence-corrected chi connectivity index (χ2v) is 5.79. The van der Waals surface area contributed by atoms with E-state index < -0.39 is 0 Å². The molecule has 0 aliphatic carbocycles. The Morgan fingerprint density at radius 2 is 2.48 bits per heavy atom. The fourth-order valence-electron chi connectivity index (χ4n) is 3.07. The van der Waals surface area contributed by atoms with E-state index >= 15 is 0 Å². The summed E-state index contributed by atoms with van der Waals surface area (Å²) in [7, 11) is 0. The van der Waals surface area contributed by atoms with E-state index in [-0.39, 0.29) is 0 Å². The summed E-state index contributed by atoms with van der Waals surface area (Å²) in [6.45, 7) is 4.55. The standard InChI is InChI=1S/C15H23N5O/c21-10-12-3-1-7-20(9-12)8-2-5-16-14-13-4-6-17-15(13)19-11-18-14/h4,6,11-12,21H,1-3,5,7-10H2,(H2,16,17,18,19)/p+1/t12-/m0/s1. The number of rotatable bonds is 6. The number of aliphatic hydroxyl groups is 1. The molecular weight excluding hydrogens is 266 g/mol. The molecule has 21 heavy (non-hydrogen) atoms. The van der Waals surface area contributed by atoms with Gasteiger partial charge < -0.3 is 20.3 Å². The lowest BCUT2D eigenvalue weighted by Gasteiger charge is -2.31. The van der Waals surface area contributed by atoms with Gasteiger partial charge in [-0.3, -0.25) is 0 Å². The van der Waals surface area contributed by atoms with Crippen LogP contribution in [0.4, 0.5) is 5.82 Å². The molecule has 0 aromatic carbocycles. The molecule has 1 aliphatic heterocycles. The van der Waals surface area contributed by atoms with Crippen molar-refractivity contribution in [2.75, 3.05) is 38.1 Å². The van der Waals surface area contributed by atoms with Crippen molar-refractivity contribution in [1.82, 2.24) is 14.9 Å². The molecule has 3 heterocycles. The molecule has 0 bridgehead atoms. The molecule has 1 aliphatic rings. The Labute approximate surface area is 124 Å². The van der Waals surface area contributed by atoms with Crippen LogP contribution in [0.5, 0.6) is 0 Å². The van der Waals surface area contributed by atoms with Crippen LogP contribution >= 0.6 is 0 Å². The number of nitrogens with one attached hydrogen (secondary N) is 3. The third-order valence-electron chi connectivity index (χ3n) is 4.21. The number of H-pyrrole nitrogens is 2. The molecule has 0 amide bonds. The summed E-state index contributed by atoms with van der Waals surface area (Å²) in [4.78, 5) is 13.0. The monoisotopic (exact) mass is 290 g/mol. The molecule has 0 unspecified atom stereocenters. The Hall–Kier alpha value is -1.66. The van der Waals surface area contributed by atoms with Crippen molar-refractivity contribution in [1.29, 1.82) is 0 Å². The largest absolute Gasteiger partial charge is 0.396 e. The van der Waals surface area contributed by atoms with Crippen molar-refractivity contribution >= 4 is 16.9 Å². The molecule has 3 rings (SSSR count). The number of hydrogen-bond donors (Lipinski definition) is 3. The lowest BCUT2D eigenvalue weighted by molar-refractivity contribution is -0.364. The number of aromatic amines is 2. The number of likely N-dealkylation sites (tertiary alicyclic amines) is 1. The lowest BCUT2D eigenvalue weighted by atomic mass is 9.99. The predicted octanol–water partition coefficient (Wildman–Crippen LogP) is 0.883. The van der Waals surface area contributed by atoms with Gasteiger partial charge in [0.2, 0.25) is 17.8 Å². The maximum absolute atomic E-state index is 9.26. The van der Waals surface area contributed by atoms with Gasteiger partial charge in [0.15, 0.2) is 0 Å². The zero-order chi connectivity index (χ0) is 14.5. The first-order valence-corrected chi connectivity index (χ1v) is 7.77. The minimum Gasteiger partial charge on any atom is -0.396 e. The van der Waals surface area contributed by atoms with Crippen molar-refractivity contribution in [3.63, 3.8) is 0 Å². The molecule has 6 nitrogen and oxygen atoms in total. The minimum atomic E-state index is 0.326. The molecule has 0 radical (unpaired) electrons. The van der Waals surface area contributed by atoms with Gasteiger partial charge in [0, 0.05) is 25.9 Å². The Kier molecular flexibility index (Phi) is 4.67. The Balaban J connectivity index is 1.45. The van der Waals surface area contributed by atoms with Crippen LogP contribution in [0.3, 0.4) is 0 Å². The van der Waals surface area contributed by atoms with Gasteiger partial charge in [-0.25, -0.2) is 4.98 Å². The zero-order valence-electron chi connectivity index (χ0n) is 12.3. The van der Waals surface area contributed by atoms with E-state index in [4.69, 9.17) is 0 Å². The normalized spacial score (nSPS) is 20.0. The minimum absolute atomic E-state index is 0.326. The molecule has 2 aromatic heterocycles. The number of nitrogens with zero attached hydrogens (tertiary/aromatic N) is 2. The molecule has 0 saturated carbocycles. The number of aromatic nitrogens is 3. The van der Waals surface area contributed by atoms with Crippen molar-refractivity contribution in [3.05, 3.63) is 18.6 Å². The third kappa shape index (κ3) is 3.51. The van der Waals surface area contributed by atoms with Crippen molar-refractivity contribution in [2.24, 2.45) is 5.92 Å². The van der Waals surface area contributed by atoms with Crippen molar-refractivity contribution < 1.29 is 10.1 Å². The highest BCUT2D eigenvalue weighted by Gasteiger charge is 2.18. The fraction of sp³-hybridized carbons (Fsp3) is 0.600. The Morgan fingerprint density at radius 1 is 1.52 bits per heavy atom. The van der Waals surface area contributed by atoms with Gasteiger partial charge in [-0.1, -0.05) is 4.98 Å². The van der Waals surface area contributed by atoms with Gasteiger partial charge in [0.1, 0.15) is 5.39 Å². The van der Waals surface area contributed by atoms with E-state index in [1.54, 1.807) is 6.33 Å². The molecule has 1 saturated heterocycles. The van der Waals surface area contributed by atoms with Gasteiger partial charge in [-0.15, -0.1) is 0 Å². The molecule has 6 heteroatoms. The molecule has 1 atom stereocenters. The summed E-state index contributed by atoms with van der Waals surface area (Å²) in [5, 5.41) is 13.8. The first kappa shape index (κ1) is 14.3. The van der Waals surface area contributed by atoms with Crippen LogP contribution < -0.4 is 10.3 Å². The van der Waals surface area contributed by atoms with Crippen LogP contribution in [0.25, 0.3) is 11.0 Å². The van der Waals surface area contributed by atoms with Crippen LogP contribution in [-0.4, -0.2) is 52.8 Å². The highest BCUT2D eigenvalue weighted by Crippen LogP contribution is 2.16. The molecule has 0 spiro atoms. The van der Waals surface area contributed by atoms with Gasteiger partial charge in [0.05, 0.1) is 6.54 Å². The fourth-order valence-corrected chi connectivity index (χ4v) is 3.07. The number of hydrogen-bond acceptors (Lipinski definition) is 4.